The number of nitrogens with two attached hydrogens (primary N) is 1. The number of esters is 1. The third-order valence-electron chi connectivity index (χ3n) is 2.22. The Morgan fingerprint density at radius 1 is 1.40 bits per heavy atom. The first-order chi connectivity index (χ1) is 9.60. The summed E-state index contributed by atoms with van der Waals surface area (Å²) < 4.78 is 14.8. The van der Waals surface area contributed by atoms with E-state index in [1.165, 1.54) is 6.26 Å². The summed E-state index contributed by atoms with van der Waals surface area (Å²) in [4.78, 5) is 15.7. The molecule has 0 saturated heterocycles. The van der Waals surface area contributed by atoms with E-state index in [1.54, 1.807) is 26.0 Å². The number of aliphatic imine (C=N–C) groups is 1. The molecular weight excluding hydrogens is 264 g/mol. The average molecular weight is 282 g/mol. The molecular formula is C13H18N2O5. The molecule has 20 heavy (non-hydrogen) atoms. The minimum absolute atomic E-state index is 0.140. The van der Waals surface area contributed by atoms with Gasteiger partial charge in [0, 0.05) is 0 Å². The molecule has 3 N–H and O–H groups in total. The van der Waals surface area contributed by atoms with E-state index in [4.69, 9.17) is 19.6 Å². The zero-order valence-corrected chi connectivity index (χ0v) is 11.5. The number of hydrogen-bond donors (Lipinski definition) is 2. The van der Waals surface area contributed by atoms with Crippen molar-refractivity contribution in [1.82, 2.24) is 0 Å². The predicted molar refractivity (Wildman–Crippen MR) is 71.9 cm³/mol. The Morgan fingerprint density at radius 2 is 2.10 bits per heavy atom. The Morgan fingerprint density at radius 3 is 2.65 bits per heavy atom. The molecule has 7 heteroatoms. The molecule has 0 saturated carbocycles. The van der Waals surface area contributed by atoms with Crippen LogP contribution in [0.15, 0.2) is 39.3 Å². The van der Waals surface area contributed by atoms with Crippen LogP contribution in [0, 0.1) is 0 Å². The van der Waals surface area contributed by atoms with Gasteiger partial charge in [-0.1, -0.05) is 0 Å². The van der Waals surface area contributed by atoms with E-state index in [0.717, 1.165) is 0 Å². The van der Waals surface area contributed by atoms with Crippen molar-refractivity contribution in [3.8, 4) is 0 Å². The third-order valence-corrected chi connectivity index (χ3v) is 2.22. The first-order valence-corrected chi connectivity index (χ1v) is 6.15. The van der Waals surface area contributed by atoms with Gasteiger partial charge in [0.1, 0.15) is 11.6 Å². The number of hydrogen-bond acceptors (Lipinski definition) is 6. The number of aliphatic hydroxyl groups excluding tert-OH is 1. The molecule has 0 bridgehead atoms. The lowest BCUT2D eigenvalue weighted by Crippen LogP contribution is -2.26. The SMILES string of the molecule is CCOC(=O)/C(C(N)=NCc1ccco1)=C(/O)OCC. The quantitative estimate of drug-likeness (QED) is 0.258. The monoisotopic (exact) mass is 282 g/mol. The molecule has 110 valence electrons. The highest BCUT2D eigenvalue weighted by molar-refractivity contribution is 6.18. The highest BCUT2D eigenvalue weighted by Crippen LogP contribution is 2.09. The van der Waals surface area contributed by atoms with Crippen molar-refractivity contribution in [2.75, 3.05) is 13.2 Å². The second-order valence-corrected chi connectivity index (χ2v) is 3.61. The maximum Gasteiger partial charge on any atom is 0.349 e. The Bertz CT molecular complexity index is 491. The standard InChI is InChI=1S/C13H18N2O5/c1-3-18-12(16)10(13(17)19-4-2)11(14)15-8-9-6-5-7-20-9/h5-7,16H,3-4,8H2,1-2H3,(H2,14,15)/b12-10-. The maximum absolute atomic E-state index is 11.8. The lowest BCUT2D eigenvalue weighted by molar-refractivity contribution is -0.138. The van der Waals surface area contributed by atoms with Gasteiger partial charge in [-0.15, -0.1) is 0 Å². The first kappa shape index (κ1) is 15.6. The Balaban J connectivity index is 2.94. The smallest absolute Gasteiger partial charge is 0.349 e. The van der Waals surface area contributed by atoms with Crippen LogP contribution >= 0.6 is 0 Å². The molecule has 0 aliphatic carbocycles. The fraction of sp³-hybridized carbons (Fsp3) is 0.385. The summed E-state index contributed by atoms with van der Waals surface area (Å²) in [6.45, 7) is 3.77. The highest BCUT2D eigenvalue weighted by atomic mass is 16.6. The van der Waals surface area contributed by atoms with Crippen LogP contribution in [-0.2, 0) is 20.8 Å². The maximum atomic E-state index is 11.8. The molecule has 0 radical (unpaired) electrons. The van der Waals surface area contributed by atoms with E-state index >= 15 is 0 Å². The van der Waals surface area contributed by atoms with Crippen molar-refractivity contribution in [3.63, 3.8) is 0 Å². The van der Waals surface area contributed by atoms with Gasteiger partial charge < -0.3 is 24.7 Å². The Hall–Kier alpha value is -2.44. The second-order valence-electron chi connectivity index (χ2n) is 3.61. The van der Waals surface area contributed by atoms with Crippen LogP contribution in [0.5, 0.6) is 0 Å². The van der Waals surface area contributed by atoms with E-state index in [0.29, 0.717) is 5.76 Å². The fourth-order valence-corrected chi connectivity index (χ4v) is 1.36. The number of rotatable bonds is 7. The van der Waals surface area contributed by atoms with E-state index in [-0.39, 0.29) is 31.2 Å². The van der Waals surface area contributed by atoms with Crippen molar-refractivity contribution in [2.45, 2.75) is 20.4 Å². The third kappa shape index (κ3) is 4.34. The Labute approximate surface area is 116 Å². The van der Waals surface area contributed by atoms with Gasteiger partial charge in [0.25, 0.3) is 5.95 Å². The number of aliphatic hydroxyl groups is 1. The number of ether oxygens (including phenoxy) is 2. The highest BCUT2D eigenvalue weighted by Gasteiger charge is 2.22. The molecule has 1 rings (SSSR count). The minimum Gasteiger partial charge on any atom is -0.480 e. The second kappa shape index (κ2) is 7.88. The van der Waals surface area contributed by atoms with E-state index in [1.807, 2.05) is 0 Å². The first-order valence-electron chi connectivity index (χ1n) is 6.15. The summed E-state index contributed by atoms with van der Waals surface area (Å²) >= 11 is 0. The zero-order valence-electron chi connectivity index (χ0n) is 11.5. The molecule has 1 heterocycles. The molecule has 1 aromatic rings. The van der Waals surface area contributed by atoms with Crippen molar-refractivity contribution in [3.05, 3.63) is 35.7 Å². The molecule has 7 nitrogen and oxygen atoms in total. The van der Waals surface area contributed by atoms with Crippen molar-refractivity contribution in [1.29, 1.82) is 0 Å². The van der Waals surface area contributed by atoms with Crippen LogP contribution in [0.4, 0.5) is 0 Å². The fourth-order valence-electron chi connectivity index (χ4n) is 1.36. The number of carbonyl (C=O) groups excluding carboxylic acids is 1. The molecule has 0 atom stereocenters. The summed E-state index contributed by atoms with van der Waals surface area (Å²) in [5.74, 6) is -0.997. The molecule has 0 unspecified atom stereocenters. The minimum atomic E-state index is -0.792. The number of amidine groups is 1. The van der Waals surface area contributed by atoms with E-state index < -0.39 is 11.9 Å². The normalized spacial score (nSPS) is 12.8. The summed E-state index contributed by atoms with van der Waals surface area (Å²) in [6, 6.07) is 3.42. The molecule has 0 amide bonds. The van der Waals surface area contributed by atoms with Gasteiger partial charge in [-0.25, -0.2) is 4.79 Å². The van der Waals surface area contributed by atoms with Gasteiger partial charge in [0.2, 0.25) is 0 Å². The van der Waals surface area contributed by atoms with Crippen LogP contribution in [0.25, 0.3) is 0 Å². The largest absolute Gasteiger partial charge is 0.480 e. The lowest BCUT2D eigenvalue weighted by atomic mass is 10.2. The van der Waals surface area contributed by atoms with Gasteiger partial charge in [-0.3, -0.25) is 4.99 Å². The van der Waals surface area contributed by atoms with Gasteiger partial charge in [-0.05, 0) is 26.0 Å². The van der Waals surface area contributed by atoms with Crippen molar-refractivity contribution < 1.29 is 23.8 Å². The average Bonchev–Trinajstić information content (AvgIpc) is 2.90. The van der Waals surface area contributed by atoms with Gasteiger partial charge in [0.05, 0.1) is 26.0 Å². The number of nitrogens with zero attached hydrogens (tertiary/aromatic N) is 1. The summed E-state index contributed by atoms with van der Waals surface area (Å²) in [6.07, 6.45) is 1.50. The van der Waals surface area contributed by atoms with Crippen LogP contribution in [0.3, 0.4) is 0 Å². The van der Waals surface area contributed by atoms with Crippen LogP contribution < -0.4 is 5.73 Å². The molecule has 0 fully saturated rings. The molecule has 1 aromatic heterocycles. The van der Waals surface area contributed by atoms with Crippen molar-refractivity contribution in [2.24, 2.45) is 10.7 Å². The topological polar surface area (TPSA) is 107 Å². The van der Waals surface area contributed by atoms with Crippen LogP contribution in [0.2, 0.25) is 0 Å². The van der Waals surface area contributed by atoms with Crippen molar-refractivity contribution >= 4 is 11.8 Å². The predicted octanol–water partition coefficient (Wildman–Crippen LogP) is 1.51. The van der Waals surface area contributed by atoms with Crippen LogP contribution in [0.1, 0.15) is 19.6 Å². The summed E-state index contributed by atoms with van der Waals surface area (Å²) in [5, 5.41) is 9.71. The molecule has 0 aliphatic heterocycles. The summed E-state index contributed by atoms with van der Waals surface area (Å²) in [7, 11) is 0. The van der Waals surface area contributed by atoms with Gasteiger partial charge in [0.15, 0.2) is 5.57 Å². The Kier molecular flexibility index (Phi) is 6.15. The number of carbonyl (C=O) groups is 1. The molecule has 0 aromatic carbocycles. The van der Waals surface area contributed by atoms with E-state index in [9.17, 15) is 9.90 Å². The molecule has 0 spiro atoms. The van der Waals surface area contributed by atoms with Gasteiger partial charge >= 0.3 is 5.97 Å². The summed E-state index contributed by atoms with van der Waals surface area (Å²) in [5.41, 5.74) is 5.42. The van der Waals surface area contributed by atoms with E-state index in [2.05, 4.69) is 4.99 Å². The zero-order chi connectivity index (χ0) is 15.0. The lowest BCUT2D eigenvalue weighted by Gasteiger charge is -2.09. The number of furan rings is 1. The van der Waals surface area contributed by atoms with Gasteiger partial charge in [-0.2, -0.15) is 0 Å². The molecule has 0 aliphatic rings. The van der Waals surface area contributed by atoms with Crippen LogP contribution in [-0.4, -0.2) is 30.1 Å².